The van der Waals surface area contributed by atoms with Gasteiger partial charge in [0, 0.05) is 16.8 Å². The highest BCUT2D eigenvalue weighted by Gasteiger charge is 2.32. The fraction of sp³-hybridized carbons (Fsp3) is 0.136. The Morgan fingerprint density at radius 1 is 1.04 bits per heavy atom. The van der Waals surface area contributed by atoms with Crippen molar-refractivity contribution in [3.63, 3.8) is 0 Å². The van der Waals surface area contributed by atoms with Crippen LogP contribution in [0.25, 0.3) is 11.4 Å². The first-order valence-corrected chi connectivity index (χ1v) is 8.99. The molecule has 2 aromatic carbocycles. The second kappa shape index (κ2) is 6.81. The molecule has 1 aromatic heterocycles. The molecule has 4 rings (SSSR count). The molecule has 0 atom stereocenters. The van der Waals surface area contributed by atoms with Gasteiger partial charge in [-0.05, 0) is 32.0 Å². The summed E-state index contributed by atoms with van der Waals surface area (Å²) in [7, 11) is 0. The van der Waals surface area contributed by atoms with Gasteiger partial charge in [-0.15, -0.1) is 0 Å². The molecule has 0 bridgehead atoms. The summed E-state index contributed by atoms with van der Waals surface area (Å²) in [5, 5.41) is 7.44. The van der Waals surface area contributed by atoms with Gasteiger partial charge < -0.3 is 5.32 Å². The number of carbonyl (C=O) groups is 2. The first kappa shape index (κ1) is 17.7. The summed E-state index contributed by atoms with van der Waals surface area (Å²) >= 11 is 0. The zero-order valence-electron chi connectivity index (χ0n) is 15.8. The third-order valence-electron chi connectivity index (χ3n) is 4.90. The Morgan fingerprint density at radius 2 is 1.68 bits per heavy atom. The van der Waals surface area contributed by atoms with E-state index in [0.29, 0.717) is 22.6 Å². The maximum atomic E-state index is 12.7. The minimum absolute atomic E-state index is 0.0955. The van der Waals surface area contributed by atoms with Crippen molar-refractivity contribution in [3.05, 3.63) is 83.7 Å². The van der Waals surface area contributed by atoms with E-state index in [9.17, 15) is 9.59 Å². The van der Waals surface area contributed by atoms with Crippen LogP contribution in [0.4, 0.5) is 5.69 Å². The third-order valence-corrected chi connectivity index (χ3v) is 4.90. The van der Waals surface area contributed by atoms with E-state index in [2.05, 4.69) is 17.0 Å². The van der Waals surface area contributed by atoms with Gasteiger partial charge in [-0.1, -0.05) is 43.0 Å². The van der Waals surface area contributed by atoms with Crippen LogP contribution in [-0.2, 0) is 4.79 Å². The minimum Gasteiger partial charge on any atom is -0.321 e. The second-order valence-electron chi connectivity index (χ2n) is 6.72. The maximum absolute atomic E-state index is 12.7. The number of fused-ring (bicyclic) bond motifs is 1. The van der Waals surface area contributed by atoms with Crippen LogP contribution < -0.4 is 5.32 Å². The molecule has 0 unspecified atom stereocenters. The Bertz CT molecular complexity index is 1060. The van der Waals surface area contributed by atoms with Gasteiger partial charge in [0.15, 0.2) is 0 Å². The molecule has 1 aliphatic rings. The molecule has 2 amide bonds. The van der Waals surface area contributed by atoms with E-state index in [1.54, 1.807) is 16.8 Å². The summed E-state index contributed by atoms with van der Waals surface area (Å²) in [6.45, 7) is 7.63. The smallest absolute Gasteiger partial charge is 0.259 e. The lowest BCUT2D eigenvalue weighted by atomic mass is 10.1. The van der Waals surface area contributed by atoms with Crippen molar-refractivity contribution in [2.75, 3.05) is 11.9 Å². The molecule has 1 aliphatic heterocycles. The Hall–Kier alpha value is -3.67. The number of rotatable bonds is 4. The molecule has 0 fully saturated rings. The van der Waals surface area contributed by atoms with Crippen molar-refractivity contribution in [3.8, 4) is 5.69 Å². The Morgan fingerprint density at radius 3 is 2.36 bits per heavy atom. The molecule has 140 valence electrons. The van der Waals surface area contributed by atoms with Crippen molar-refractivity contribution in [1.82, 2.24) is 14.7 Å². The lowest BCUT2D eigenvalue weighted by Crippen LogP contribution is -2.33. The normalized spacial score (nSPS) is 13.0. The molecule has 0 saturated heterocycles. The highest BCUT2D eigenvalue weighted by Crippen LogP contribution is 2.31. The quantitative estimate of drug-likeness (QED) is 0.761. The number of benzene rings is 2. The van der Waals surface area contributed by atoms with Gasteiger partial charge in [0.2, 0.25) is 5.91 Å². The summed E-state index contributed by atoms with van der Waals surface area (Å²) < 4.78 is 1.79. The van der Waals surface area contributed by atoms with E-state index in [0.717, 1.165) is 16.9 Å². The number of hydrogen-bond acceptors (Lipinski definition) is 3. The summed E-state index contributed by atoms with van der Waals surface area (Å²) in [6.07, 6.45) is 0. The van der Waals surface area contributed by atoms with E-state index in [1.807, 2.05) is 56.3 Å². The van der Waals surface area contributed by atoms with Crippen LogP contribution in [0.3, 0.4) is 0 Å². The number of nitrogens with one attached hydrogen (secondary N) is 1. The van der Waals surface area contributed by atoms with Crippen molar-refractivity contribution in [2.45, 2.75) is 13.8 Å². The fourth-order valence-corrected chi connectivity index (χ4v) is 3.47. The predicted molar refractivity (Wildman–Crippen MR) is 108 cm³/mol. The standard InChI is InChI=1S/C22H20N4O2/c1-14-21(16(3)26(24-14)17-9-5-4-6-10-17)23-20(27)13-25-15(2)18-11-7-8-12-19(18)22(25)28/h4-12H,2,13H2,1,3H3,(H,23,27). The molecule has 28 heavy (non-hydrogen) atoms. The van der Waals surface area contributed by atoms with E-state index < -0.39 is 0 Å². The van der Waals surface area contributed by atoms with Crippen molar-refractivity contribution in [1.29, 1.82) is 0 Å². The predicted octanol–water partition coefficient (Wildman–Crippen LogP) is 3.55. The Labute approximate surface area is 163 Å². The van der Waals surface area contributed by atoms with Crippen LogP contribution in [-0.4, -0.2) is 33.0 Å². The SMILES string of the molecule is C=C1c2ccccc2C(=O)N1CC(=O)Nc1c(C)nn(-c2ccccc2)c1C. The van der Waals surface area contributed by atoms with Gasteiger partial charge in [0.25, 0.3) is 5.91 Å². The van der Waals surface area contributed by atoms with E-state index in [4.69, 9.17) is 0 Å². The number of amides is 2. The van der Waals surface area contributed by atoms with Gasteiger partial charge in [0.05, 0.1) is 22.8 Å². The van der Waals surface area contributed by atoms with Gasteiger partial charge in [0.1, 0.15) is 6.54 Å². The second-order valence-corrected chi connectivity index (χ2v) is 6.72. The molecule has 0 saturated carbocycles. The number of anilines is 1. The van der Waals surface area contributed by atoms with Gasteiger partial charge in [-0.2, -0.15) is 5.10 Å². The van der Waals surface area contributed by atoms with Gasteiger partial charge >= 0.3 is 0 Å². The van der Waals surface area contributed by atoms with Crippen LogP contribution in [0.1, 0.15) is 27.3 Å². The summed E-state index contributed by atoms with van der Waals surface area (Å²) in [4.78, 5) is 26.7. The lowest BCUT2D eigenvalue weighted by molar-refractivity contribution is -0.116. The Kier molecular flexibility index (Phi) is 4.31. The largest absolute Gasteiger partial charge is 0.321 e. The highest BCUT2D eigenvalue weighted by molar-refractivity contribution is 6.11. The first-order valence-electron chi connectivity index (χ1n) is 8.99. The fourth-order valence-electron chi connectivity index (χ4n) is 3.47. The molecular formula is C22H20N4O2. The molecule has 0 spiro atoms. The Balaban J connectivity index is 1.53. The summed E-state index contributed by atoms with van der Waals surface area (Å²) in [5.41, 5.74) is 5.00. The maximum Gasteiger partial charge on any atom is 0.259 e. The zero-order valence-corrected chi connectivity index (χ0v) is 15.8. The van der Waals surface area contributed by atoms with E-state index >= 15 is 0 Å². The number of nitrogens with zero attached hydrogens (tertiary/aromatic N) is 3. The number of para-hydroxylation sites is 1. The van der Waals surface area contributed by atoms with E-state index in [1.165, 1.54) is 4.90 Å². The van der Waals surface area contributed by atoms with Gasteiger partial charge in [-0.3, -0.25) is 14.5 Å². The third kappa shape index (κ3) is 2.89. The molecule has 6 nitrogen and oxygen atoms in total. The van der Waals surface area contributed by atoms with E-state index in [-0.39, 0.29) is 18.4 Å². The number of carbonyl (C=O) groups excluding carboxylic acids is 2. The molecule has 3 aromatic rings. The van der Waals surface area contributed by atoms with Crippen LogP contribution >= 0.6 is 0 Å². The summed E-state index contributed by atoms with van der Waals surface area (Å²) in [6, 6.07) is 17.0. The number of aryl methyl sites for hydroxylation is 1. The monoisotopic (exact) mass is 372 g/mol. The molecule has 6 heteroatoms. The molecule has 2 heterocycles. The topological polar surface area (TPSA) is 67.2 Å². The summed E-state index contributed by atoms with van der Waals surface area (Å²) in [5.74, 6) is -0.495. The first-order chi connectivity index (χ1) is 13.5. The molecular weight excluding hydrogens is 352 g/mol. The minimum atomic E-state index is -0.291. The molecule has 0 aliphatic carbocycles. The zero-order chi connectivity index (χ0) is 19.8. The van der Waals surface area contributed by atoms with Crippen molar-refractivity contribution < 1.29 is 9.59 Å². The average molecular weight is 372 g/mol. The average Bonchev–Trinajstić information content (AvgIpc) is 3.12. The van der Waals surface area contributed by atoms with Crippen molar-refractivity contribution in [2.24, 2.45) is 0 Å². The molecule has 0 radical (unpaired) electrons. The van der Waals surface area contributed by atoms with Gasteiger partial charge in [-0.25, -0.2) is 4.68 Å². The van der Waals surface area contributed by atoms with Crippen LogP contribution in [0.2, 0.25) is 0 Å². The van der Waals surface area contributed by atoms with Crippen LogP contribution in [0.5, 0.6) is 0 Å². The molecule has 1 N–H and O–H groups in total. The van der Waals surface area contributed by atoms with Crippen molar-refractivity contribution >= 4 is 23.2 Å². The highest BCUT2D eigenvalue weighted by atomic mass is 16.2. The van der Waals surface area contributed by atoms with Crippen LogP contribution in [0.15, 0.2) is 61.2 Å². The van der Waals surface area contributed by atoms with Crippen LogP contribution in [0, 0.1) is 13.8 Å². The number of hydrogen-bond donors (Lipinski definition) is 1. The number of aromatic nitrogens is 2. The lowest BCUT2D eigenvalue weighted by Gasteiger charge is -2.17.